The largest absolute Gasteiger partial charge is 0.313 e. The maximum atomic E-state index is 3.65. The number of aryl methyl sites for hydroxylation is 3. The fourth-order valence-electron chi connectivity index (χ4n) is 3.64. The maximum absolute atomic E-state index is 3.65. The van der Waals surface area contributed by atoms with Crippen molar-refractivity contribution < 1.29 is 0 Å². The normalized spacial score (nSPS) is 22.7. The first-order chi connectivity index (χ1) is 9.63. The number of rotatable bonds is 5. The second kappa shape index (κ2) is 5.87. The third-order valence-corrected chi connectivity index (χ3v) is 4.88. The van der Waals surface area contributed by atoms with Gasteiger partial charge in [-0.25, -0.2) is 0 Å². The molecule has 1 unspecified atom stereocenters. The van der Waals surface area contributed by atoms with Crippen LogP contribution in [0.5, 0.6) is 0 Å². The number of nitrogens with one attached hydrogen (secondary N) is 1. The van der Waals surface area contributed by atoms with E-state index >= 15 is 0 Å². The van der Waals surface area contributed by atoms with Gasteiger partial charge in [0.1, 0.15) is 0 Å². The molecule has 1 saturated heterocycles. The molecule has 0 aromatic heterocycles. The van der Waals surface area contributed by atoms with Crippen molar-refractivity contribution in [2.75, 3.05) is 13.1 Å². The van der Waals surface area contributed by atoms with E-state index in [0.717, 1.165) is 18.6 Å². The van der Waals surface area contributed by atoms with E-state index in [1.807, 2.05) is 0 Å². The monoisotopic (exact) mass is 272 g/mol. The molecule has 20 heavy (non-hydrogen) atoms. The van der Waals surface area contributed by atoms with Crippen LogP contribution in [0.1, 0.15) is 47.9 Å². The number of benzene rings is 1. The molecule has 1 aromatic rings. The Morgan fingerprint density at radius 3 is 2.35 bits per heavy atom. The Morgan fingerprint density at radius 2 is 1.80 bits per heavy atom. The highest BCUT2D eigenvalue weighted by Crippen LogP contribution is 2.30. The van der Waals surface area contributed by atoms with Gasteiger partial charge in [-0.3, -0.25) is 4.90 Å². The fourth-order valence-corrected chi connectivity index (χ4v) is 3.64. The summed E-state index contributed by atoms with van der Waals surface area (Å²) >= 11 is 0. The summed E-state index contributed by atoms with van der Waals surface area (Å²) in [7, 11) is 0. The van der Waals surface area contributed by atoms with Crippen LogP contribution < -0.4 is 5.32 Å². The minimum atomic E-state index is 0.724. The minimum absolute atomic E-state index is 0.724. The van der Waals surface area contributed by atoms with Crippen molar-refractivity contribution >= 4 is 0 Å². The highest BCUT2D eigenvalue weighted by molar-refractivity contribution is 5.37. The van der Waals surface area contributed by atoms with Crippen molar-refractivity contribution in [3.8, 4) is 0 Å². The Balaban J connectivity index is 1.72. The van der Waals surface area contributed by atoms with Crippen LogP contribution in [-0.2, 0) is 6.54 Å². The topological polar surface area (TPSA) is 15.3 Å². The van der Waals surface area contributed by atoms with Gasteiger partial charge in [0.25, 0.3) is 0 Å². The van der Waals surface area contributed by atoms with Crippen molar-refractivity contribution in [3.05, 3.63) is 34.4 Å². The highest BCUT2D eigenvalue weighted by atomic mass is 15.2. The van der Waals surface area contributed by atoms with Crippen molar-refractivity contribution in [1.29, 1.82) is 0 Å². The average Bonchev–Trinajstić information content (AvgIpc) is 3.10. The summed E-state index contributed by atoms with van der Waals surface area (Å²) in [5.74, 6) is 0. The Labute approximate surface area is 123 Å². The molecule has 2 fully saturated rings. The highest BCUT2D eigenvalue weighted by Gasteiger charge is 2.31. The number of hydrogen-bond acceptors (Lipinski definition) is 2. The second-order valence-electron chi connectivity index (χ2n) is 6.83. The molecule has 1 aliphatic heterocycles. The molecule has 2 nitrogen and oxygen atoms in total. The van der Waals surface area contributed by atoms with E-state index < -0.39 is 0 Å². The van der Waals surface area contributed by atoms with Crippen LogP contribution in [0.2, 0.25) is 0 Å². The zero-order chi connectivity index (χ0) is 14.1. The molecule has 1 aromatic carbocycles. The van der Waals surface area contributed by atoms with Gasteiger partial charge in [-0.2, -0.15) is 0 Å². The van der Waals surface area contributed by atoms with Gasteiger partial charge in [-0.15, -0.1) is 0 Å². The Morgan fingerprint density at radius 1 is 1.10 bits per heavy atom. The lowest BCUT2D eigenvalue weighted by molar-refractivity contribution is 0.230. The molecule has 110 valence electrons. The fraction of sp³-hybridized carbons (Fsp3) is 0.667. The van der Waals surface area contributed by atoms with Crippen LogP contribution in [0.15, 0.2) is 12.1 Å². The van der Waals surface area contributed by atoms with Gasteiger partial charge in [0.05, 0.1) is 0 Å². The van der Waals surface area contributed by atoms with E-state index in [2.05, 4.69) is 43.1 Å². The molecule has 2 aliphatic rings. The SMILES string of the molecule is Cc1cc(C)c(CN(CC2CCCN2)C2CC2)c(C)c1. The summed E-state index contributed by atoms with van der Waals surface area (Å²) in [6.07, 6.45) is 5.51. The first kappa shape index (κ1) is 14.1. The zero-order valence-corrected chi connectivity index (χ0v) is 13.2. The van der Waals surface area contributed by atoms with Gasteiger partial charge >= 0.3 is 0 Å². The molecule has 1 atom stereocenters. The van der Waals surface area contributed by atoms with E-state index in [1.54, 1.807) is 5.56 Å². The van der Waals surface area contributed by atoms with Crippen LogP contribution in [-0.4, -0.2) is 30.1 Å². The Hall–Kier alpha value is -0.860. The lowest BCUT2D eigenvalue weighted by atomic mass is 9.99. The first-order valence-corrected chi connectivity index (χ1v) is 8.17. The summed E-state index contributed by atoms with van der Waals surface area (Å²) in [5.41, 5.74) is 5.87. The van der Waals surface area contributed by atoms with E-state index in [-0.39, 0.29) is 0 Å². The summed E-state index contributed by atoms with van der Waals surface area (Å²) < 4.78 is 0. The predicted molar refractivity (Wildman–Crippen MR) is 85.1 cm³/mol. The third kappa shape index (κ3) is 3.24. The van der Waals surface area contributed by atoms with Gasteiger partial charge in [-0.05, 0) is 69.7 Å². The van der Waals surface area contributed by atoms with E-state index in [4.69, 9.17) is 0 Å². The standard InChI is InChI=1S/C18H28N2/c1-13-9-14(2)18(15(3)10-13)12-20(17-6-7-17)11-16-5-4-8-19-16/h9-10,16-17,19H,4-8,11-12H2,1-3H3. The van der Waals surface area contributed by atoms with Gasteiger partial charge in [-0.1, -0.05) is 17.7 Å². The molecule has 1 aliphatic carbocycles. The van der Waals surface area contributed by atoms with Crippen molar-refractivity contribution in [2.45, 2.75) is 65.1 Å². The molecule has 0 radical (unpaired) electrons. The molecule has 0 amide bonds. The van der Waals surface area contributed by atoms with Crippen molar-refractivity contribution in [2.24, 2.45) is 0 Å². The first-order valence-electron chi connectivity index (χ1n) is 8.17. The Kier molecular flexibility index (Phi) is 4.13. The molecule has 3 rings (SSSR count). The van der Waals surface area contributed by atoms with Crippen LogP contribution in [0.4, 0.5) is 0 Å². The maximum Gasteiger partial charge on any atom is 0.0242 e. The van der Waals surface area contributed by atoms with E-state index in [0.29, 0.717) is 0 Å². The smallest absolute Gasteiger partial charge is 0.0242 e. The predicted octanol–water partition coefficient (Wildman–Crippen LogP) is 3.33. The quantitative estimate of drug-likeness (QED) is 0.884. The molecule has 0 bridgehead atoms. The zero-order valence-electron chi connectivity index (χ0n) is 13.2. The van der Waals surface area contributed by atoms with E-state index in [9.17, 15) is 0 Å². The lowest BCUT2D eigenvalue weighted by Crippen LogP contribution is -2.38. The summed E-state index contributed by atoms with van der Waals surface area (Å²) in [6.45, 7) is 10.3. The molecule has 1 N–H and O–H groups in total. The summed E-state index contributed by atoms with van der Waals surface area (Å²) in [6, 6.07) is 6.24. The Bertz CT molecular complexity index is 447. The molecule has 0 spiro atoms. The number of hydrogen-bond donors (Lipinski definition) is 1. The minimum Gasteiger partial charge on any atom is -0.313 e. The van der Waals surface area contributed by atoms with Crippen LogP contribution in [0, 0.1) is 20.8 Å². The van der Waals surface area contributed by atoms with Crippen LogP contribution in [0.25, 0.3) is 0 Å². The lowest BCUT2D eigenvalue weighted by Gasteiger charge is -2.27. The molecule has 1 saturated carbocycles. The second-order valence-corrected chi connectivity index (χ2v) is 6.83. The summed E-state index contributed by atoms with van der Waals surface area (Å²) in [5, 5.41) is 3.65. The van der Waals surface area contributed by atoms with Gasteiger partial charge in [0, 0.05) is 25.2 Å². The van der Waals surface area contributed by atoms with Crippen molar-refractivity contribution in [3.63, 3.8) is 0 Å². The van der Waals surface area contributed by atoms with Crippen LogP contribution >= 0.6 is 0 Å². The van der Waals surface area contributed by atoms with Crippen LogP contribution in [0.3, 0.4) is 0 Å². The summed E-state index contributed by atoms with van der Waals surface area (Å²) in [4.78, 5) is 2.73. The van der Waals surface area contributed by atoms with E-state index in [1.165, 1.54) is 55.5 Å². The van der Waals surface area contributed by atoms with Gasteiger partial charge in [0.2, 0.25) is 0 Å². The average molecular weight is 272 g/mol. The van der Waals surface area contributed by atoms with Gasteiger partial charge < -0.3 is 5.32 Å². The van der Waals surface area contributed by atoms with Gasteiger partial charge in [0.15, 0.2) is 0 Å². The number of nitrogens with zero attached hydrogens (tertiary/aromatic N) is 1. The van der Waals surface area contributed by atoms with Crippen molar-refractivity contribution in [1.82, 2.24) is 10.2 Å². The third-order valence-electron chi connectivity index (χ3n) is 4.88. The molecular formula is C18H28N2. The molecular weight excluding hydrogens is 244 g/mol. The molecule has 2 heteroatoms. The molecule has 1 heterocycles.